The largest absolute Gasteiger partial charge is 0.508 e. The van der Waals surface area contributed by atoms with E-state index in [1.807, 2.05) is 18.2 Å². The number of halogens is 1. The van der Waals surface area contributed by atoms with Crippen LogP contribution in [-0.2, 0) is 6.42 Å². The highest BCUT2D eigenvalue weighted by Crippen LogP contribution is 2.16. The van der Waals surface area contributed by atoms with E-state index in [1.54, 1.807) is 24.4 Å². The first-order valence-corrected chi connectivity index (χ1v) is 6.17. The second-order valence-corrected chi connectivity index (χ2v) is 4.67. The average Bonchev–Trinajstić information content (AvgIpc) is 2.32. The Balaban J connectivity index is 1.96. The second-order valence-electron chi connectivity index (χ2n) is 4.28. The third kappa shape index (κ3) is 3.64. The molecule has 18 heavy (non-hydrogen) atoms. The Labute approximate surface area is 111 Å². The number of phenolic OH excluding ortho intramolecular Hbond substituents is 1. The molecule has 0 fully saturated rings. The van der Waals surface area contributed by atoms with Gasteiger partial charge in [0, 0.05) is 17.9 Å². The van der Waals surface area contributed by atoms with Crippen molar-refractivity contribution >= 4 is 17.3 Å². The highest BCUT2D eigenvalue weighted by molar-refractivity contribution is 6.29. The minimum atomic E-state index is 0.271. The third-order valence-electron chi connectivity index (χ3n) is 2.62. The molecule has 0 amide bonds. The molecule has 4 heteroatoms. The van der Waals surface area contributed by atoms with Gasteiger partial charge in [0.15, 0.2) is 0 Å². The van der Waals surface area contributed by atoms with Crippen molar-refractivity contribution in [1.29, 1.82) is 0 Å². The van der Waals surface area contributed by atoms with Crippen molar-refractivity contribution in [1.82, 2.24) is 4.98 Å². The fraction of sp³-hybridized carbons (Fsp3) is 0.214. The lowest BCUT2D eigenvalue weighted by molar-refractivity contribution is 0.475. The molecule has 1 aromatic carbocycles. The van der Waals surface area contributed by atoms with Crippen LogP contribution >= 0.6 is 11.6 Å². The predicted molar refractivity (Wildman–Crippen MR) is 74.1 cm³/mol. The van der Waals surface area contributed by atoms with Gasteiger partial charge < -0.3 is 10.4 Å². The number of aromatic hydroxyl groups is 1. The normalized spacial score (nSPS) is 12.1. The van der Waals surface area contributed by atoms with Gasteiger partial charge in [0.25, 0.3) is 0 Å². The van der Waals surface area contributed by atoms with E-state index in [0.29, 0.717) is 10.9 Å². The maximum atomic E-state index is 9.22. The summed E-state index contributed by atoms with van der Waals surface area (Å²) >= 11 is 5.83. The fourth-order valence-corrected chi connectivity index (χ4v) is 1.99. The minimum absolute atomic E-state index is 0.271. The molecule has 1 heterocycles. The van der Waals surface area contributed by atoms with Crippen LogP contribution in [0.3, 0.4) is 0 Å². The number of phenols is 1. The third-order valence-corrected chi connectivity index (χ3v) is 2.82. The molecule has 2 rings (SSSR count). The van der Waals surface area contributed by atoms with Crippen LogP contribution in [0, 0.1) is 0 Å². The van der Waals surface area contributed by atoms with Crippen LogP contribution in [0.5, 0.6) is 5.75 Å². The summed E-state index contributed by atoms with van der Waals surface area (Å²) in [6.07, 6.45) is 2.55. The smallest absolute Gasteiger partial charge is 0.131 e. The Hall–Kier alpha value is -1.74. The van der Waals surface area contributed by atoms with Crippen LogP contribution in [0.1, 0.15) is 12.5 Å². The lowest BCUT2D eigenvalue weighted by Gasteiger charge is -2.15. The zero-order chi connectivity index (χ0) is 13.0. The van der Waals surface area contributed by atoms with Crippen LogP contribution in [0.15, 0.2) is 42.6 Å². The molecule has 3 nitrogen and oxygen atoms in total. The summed E-state index contributed by atoms with van der Waals surface area (Å²) in [5.41, 5.74) is 2.13. The summed E-state index contributed by atoms with van der Waals surface area (Å²) in [5, 5.41) is 13.1. The van der Waals surface area contributed by atoms with Gasteiger partial charge in [-0.3, -0.25) is 0 Å². The molecule has 2 aromatic rings. The molecule has 1 unspecified atom stereocenters. The highest BCUT2D eigenvalue weighted by atomic mass is 35.5. The van der Waals surface area contributed by atoms with E-state index in [1.165, 1.54) is 5.56 Å². The highest BCUT2D eigenvalue weighted by Gasteiger charge is 2.04. The van der Waals surface area contributed by atoms with Crippen molar-refractivity contribution in [2.24, 2.45) is 0 Å². The van der Waals surface area contributed by atoms with Crippen molar-refractivity contribution < 1.29 is 5.11 Å². The predicted octanol–water partition coefficient (Wildman–Crippen LogP) is 3.48. The van der Waals surface area contributed by atoms with E-state index in [2.05, 4.69) is 17.2 Å². The lowest BCUT2D eigenvalue weighted by atomic mass is 10.1. The van der Waals surface area contributed by atoms with E-state index in [-0.39, 0.29) is 6.04 Å². The Morgan fingerprint density at radius 2 is 2.00 bits per heavy atom. The summed E-state index contributed by atoms with van der Waals surface area (Å²) in [4.78, 5) is 3.94. The van der Waals surface area contributed by atoms with Crippen LogP contribution in [0.4, 0.5) is 5.69 Å². The Bertz CT molecular complexity index is 513. The first-order valence-electron chi connectivity index (χ1n) is 5.79. The molecule has 1 aromatic heterocycles. The molecule has 0 spiro atoms. The molecule has 1 atom stereocenters. The molecule has 0 aliphatic carbocycles. The van der Waals surface area contributed by atoms with Crippen LogP contribution < -0.4 is 5.32 Å². The average molecular weight is 263 g/mol. The molecule has 0 bridgehead atoms. The van der Waals surface area contributed by atoms with E-state index in [0.717, 1.165) is 12.1 Å². The van der Waals surface area contributed by atoms with Gasteiger partial charge in [-0.15, -0.1) is 0 Å². The molecule has 0 aliphatic heterocycles. The van der Waals surface area contributed by atoms with E-state index < -0.39 is 0 Å². The fourth-order valence-electron chi connectivity index (χ4n) is 1.81. The zero-order valence-corrected chi connectivity index (χ0v) is 10.9. The van der Waals surface area contributed by atoms with Gasteiger partial charge in [-0.1, -0.05) is 23.7 Å². The molecule has 0 saturated heterocycles. The summed E-state index contributed by atoms with van der Waals surface area (Å²) in [6, 6.07) is 11.2. The SMILES string of the molecule is CC(Cc1ccc(O)cc1)Nc1ccnc(Cl)c1. The number of aromatic nitrogens is 1. The van der Waals surface area contributed by atoms with Crippen molar-refractivity contribution in [3.63, 3.8) is 0 Å². The van der Waals surface area contributed by atoms with Gasteiger partial charge in [-0.05, 0) is 43.2 Å². The zero-order valence-electron chi connectivity index (χ0n) is 10.1. The lowest BCUT2D eigenvalue weighted by Crippen LogP contribution is -2.17. The Kier molecular flexibility index (Phi) is 4.05. The monoisotopic (exact) mass is 262 g/mol. The summed E-state index contributed by atoms with van der Waals surface area (Å²) < 4.78 is 0. The molecule has 0 saturated carbocycles. The number of rotatable bonds is 4. The number of benzene rings is 1. The number of nitrogens with zero attached hydrogens (tertiary/aromatic N) is 1. The number of pyridine rings is 1. The Morgan fingerprint density at radius 1 is 1.28 bits per heavy atom. The van der Waals surface area contributed by atoms with Crippen LogP contribution in [0.2, 0.25) is 5.15 Å². The van der Waals surface area contributed by atoms with Crippen molar-refractivity contribution in [3.05, 3.63) is 53.3 Å². The molecule has 94 valence electrons. The number of hydrogen-bond acceptors (Lipinski definition) is 3. The molecular weight excluding hydrogens is 248 g/mol. The van der Waals surface area contributed by atoms with Crippen molar-refractivity contribution in [2.75, 3.05) is 5.32 Å². The van der Waals surface area contributed by atoms with E-state index in [9.17, 15) is 5.11 Å². The molecular formula is C14H15ClN2O. The van der Waals surface area contributed by atoms with Crippen LogP contribution in [0.25, 0.3) is 0 Å². The minimum Gasteiger partial charge on any atom is -0.508 e. The molecule has 2 N–H and O–H groups in total. The van der Waals surface area contributed by atoms with Gasteiger partial charge in [-0.2, -0.15) is 0 Å². The van der Waals surface area contributed by atoms with Crippen molar-refractivity contribution in [2.45, 2.75) is 19.4 Å². The number of anilines is 1. The summed E-state index contributed by atoms with van der Waals surface area (Å²) in [7, 11) is 0. The molecule has 0 radical (unpaired) electrons. The Morgan fingerprint density at radius 3 is 2.67 bits per heavy atom. The first-order chi connectivity index (χ1) is 8.63. The number of hydrogen-bond donors (Lipinski definition) is 2. The van der Waals surface area contributed by atoms with Gasteiger partial charge in [0.1, 0.15) is 10.9 Å². The summed E-state index contributed by atoms with van der Waals surface area (Å²) in [6.45, 7) is 2.10. The van der Waals surface area contributed by atoms with Gasteiger partial charge in [-0.25, -0.2) is 4.98 Å². The maximum absolute atomic E-state index is 9.22. The second kappa shape index (κ2) is 5.74. The van der Waals surface area contributed by atoms with E-state index >= 15 is 0 Å². The van der Waals surface area contributed by atoms with Crippen molar-refractivity contribution in [3.8, 4) is 5.75 Å². The van der Waals surface area contributed by atoms with Crippen LogP contribution in [-0.4, -0.2) is 16.1 Å². The topological polar surface area (TPSA) is 45.1 Å². The maximum Gasteiger partial charge on any atom is 0.131 e. The van der Waals surface area contributed by atoms with Gasteiger partial charge in [0.05, 0.1) is 0 Å². The number of nitrogens with one attached hydrogen (secondary N) is 1. The quantitative estimate of drug-likeness (QED) is 0.829. The standard InChI is InChI=1S/C14H15ClN2O/c1-10(8-11-2-4-13(18)5-3-11)17-12-6-7-16-14(15)9-12/h2-7,9-10,18H,8H2,1H3,(H,16,17). The van der Waals surface area contributed by atoms with Gasteiger partial charge in [0.2, 0.25) is 0 Å². The summed E-state index contributed by atoms with van der Waals surface area (Å²) in [5.74, 6) is 0.292. The first kappa shape index (κ1) is 12.7. The molecule has 0 aliphatic rings. The van der Waals surface area contributed by atoms with Gasteiger partial charge >= 0.3 is 0 Å². The van der Waals surface area contributed by atoms with E-state index in [4.69, 9.17) is 11.6 Å².